The summed E-state index contributed by atoms with van der Waals surface area (Å²) in [6, 6.07) is -0.0820. The molecule has 2 aromatic heterocycles. The van der Waals surface area contributed by atoms with Crippen molar-refractivity contribution in [2.24, 2.45) is 7.05 Å². The van der Waals surface area contributed by atoms with Crippen LogP contribution in [0.4, 0.5) is 0 Å². The summed E-state index contributed by atoms with van der Waals surface area (Å²) in [6.07, 6.45) is 4.59. The quantitative estimate of drug-likeness (QED) is 0.840. The number of aromatic nitrogens is 5. The Morgan fingerprint density at radius 1 is 1.42 bits per heavy atom. The average Bonchev–Trinajstić information content (AvgIpc) is 3.19. The van der Waals surface area contributed by atoms with Gasteiger partial charge in [0, 0.05) is 39.6 Å². The smallest absolute Gasteiger partial charge is 0.291 e. The molecule has 3 rings (SSSR count). The number of carbonyl (C=O) groups is 2. The Morgan fingerprint density at radius 2 is 2.21 bits per heavy atom. The highest BCUT2D eigenvalue weighted by Gasteiger charge is 2.27. The summed E-state index contributed by atoms with van der Waals surface area (Å²) in [6.45, 7) is 3.08. The molecular weight excluding hydrogens is 310 g/mol. The van der Waals surface area contributed by atoms with E-state index in [1.165, 1.54) is 11.0 Å². The number of nitrogens with zero attached hydrogens (tertiary/aromatic N) is 6. The fourth-order valence-corrected chi connectivity index (χ4v) is 2.75. The van der Waals surface area contributed by atoms with Gasteiger partial charge in [-0.1, -0.05) is 0 Å². The second-order valence-electron chi connectivity index (χ2n) is 5.94. The van der Waals surface area contributed by atoms with Crippen LogP contribution < -0.4 is 5.32 Å². The SMILES string of the molecule is CCN(C)C(=O)c1cnc2n1CC(NC(=O)c1ncn(C)n1)CC2. The third-order valence-corrected chi connectivity index (χ3v) is 4.24. The van der Waals surface area contributed by atoms with Crippen LogP contribution in [0.2, 0.25) is 0 Å². The molecule has 0 aromatic carbocycles. The minimum atomic E-state index is -0.303. The van der Waals surface area contributed by atoms with Crippen LogP contribution in [-0.4, -0.2) is 60.7 Å². The zero-order valence-electron chi connectivity index (χ0n) is 14.1. The van der Waals surface area contributed by atoms with E-state index in [-0.39, 0.29) is 23.7 Å². The Morgan fingerprint density at radius 3 is 2.88 bits per heavy atom. The first-order valence-electron chi connectivity index (χ1n) is 7.96. The largest absolute Gasteiger partial charge is 0.345 e. The molecule has 0 saturated heterocycles. The van der Waals surface area contributed by atoms with Gasteiger partial charge in [0.15, 0.2) is 0 Å². The molecule has 0 bridgehead atoms. The van der Waals surface area contributed by atoms with Crippen molar-refractivity contribution in [3.05, 3.63) is 29.9 Å². The molecular formula is C15H21N7O2. The molecule has 24 heavy (non-hydrogen) atoms. The van der Waals surface area contributed by atoms with Crippen molar-refractivity contribution in [1.82, 2.24) is 34.5 Å². The fraction of sp³-hybridized carbons (Fsp3) is 0.533. The number of amides is 2. The topological polar surface area (TPSA) is 97.9 Å². The third-order valence-electron chi connectivity index (χ3n) is 4.24. The molecule has 0 saturated carbocycles. The van der Waals surface area contributed by atoms with E-state index < -0.39 is 0 Å². The van der Waals surface area contributed by atoms with E-state index in [1.54, 1.807) is 25.2 Å². The van der Waals surface area contributed by atoms with Crippen molar-refractivity contribution in [3.63, 3.8) is 0 Å². The van der Waals surface area contributed by atoms with E-state index in [0.29, 0.717) is 25.2 Å². The second kappa shape index (κ2) is 6.42. The van der Waals surface area contributed by atoms with Crippen LogP contribution in [0, 0.1) is 0 Å². The number of hydrogen-bond donors (Lipinski definition) is 1. The lowest BCUT2D eigenvalue weighted by Gasteiger charge is -2.26. The van der Waals surface area contributed by atoms with Gasteiger partial charge in [0.2, 0.25) is 5.82 Å². The monoisotopic (exact) mass is 331 g/mol. The van der Waals surface area contributed by atoms with E-state index in [4.69, 9.17) is 0 Å². The molecule has 0 radical (unpaired) electrons. The molecule has 9 heteroatoms. The number of carbonyl (C=O) groups excluding carboxylic acids is 2. The van der Waals surface area contributed by atoms with Crippen molar-refractivity contribution >= 4 is 11.8 Å². The maximum Gasteiger partial charge on any atom is 0.291 e. The molecule has 1 aliphatic rings. The molecule has 2 aromatic rings. The summed E-state index contributed by atoms with van der Waals surface area (Å²) in [5, 5.41) is 6.94. The molecule has 1 unspecified atom stereocenters. The predicted molar refractivity (Wildman–Crippen MR) is 85.4 cm³/mol. The summed E-state index contributed by atoms with van der Waals surface area (Å²) in [5.74, 6) is 0.664. The van der Waals surface area contributed by atoms with Crippen LogP contribution in [0.25, 0.3) is 0 Å². The normalized spacial score (nSPS) is 16.5. The van der Waals surface area contributed by atoms with Crippen molar-refractivity contribution in [2.45, 2.75) is 32.4 Å². The second-order valence-corrected chi connectivity index (χ2v) is 5.94. The molecule has 1 atom stereocenters. The Kier molecular flexibility index (Phi) is 4.32. The van der Waals surface area contributed by atoms with Crippen molar-refractivity contribution in [2.75, 3.05) is 13.6 Å². The van der Waals surface area contributed by atoms with E-state index in [1.807, 2.05) is 11.5 Å². The Hall–Kier alpha value is -2.71. The van der Waals surface area contributed by atoms with Gasteiger partial charge in [-0.3, -0.25) is 14.3 Å². The van der Waals surface area contributed by atoms with Crippen molar-refractivity contribution in [1.29, 1.82) is 0 Å². The number of nitrogens with one attached hydrogen (secondary N) is 1. The van der Waals surface area contributed by atoms with Crippen LogP contribution in [-0.2, 0) is 20.0 Å². The molecule has 128 valence electrons. The van der Waals surface area contributed by atoms with Gasteiger partial charge in [0.25, 0.3) is 11.8 Å². The van der Waals surface area contributed by atoms with Crippen molar-refractivity contribution < 1.29 is 9.59 Å². The van der Waals surface area contributed by atoms with Crippen LogP contribution in [0.5, 0.6) is 0 Å². The number of imidazole rings is 1. The van der Waals surface area contributed by atoms with Gasteiger partial charge in [-0.15, -0.1) is 5.10 Å². The van der Waals surface area contributed by atoms with E-state index in [9.17, 15) is 9.59 Å². The summed E-state index contributed by atoms with van der Waals surface area (Å²) < 4.78 is 3.38. The first-order chi connectivity index (χ1) is 11.5. The Balaban J connectivity index is 1.73. The van der Waals surface area contributed by atoms with Gasteiger partial charge in [0.05, 0.1) is 6.20 Å². The molecule has 1 aliphatic heterocycles. The average molecular weight is 331 g/mol. The van der Waals surface area contributed by atoms with Crippen LogP contribution in [0.3, 0.4) is 0 Å². The third kappa shape index (κ3) is 3.01. The molecule has 1 N–H and O–H groups in total. The first kappa shape index (κ1) is 16.2. The first-order valence-corrected chi connectivity index (χ1v) is 7.96. The highest BCUT2D eigenvalue weighted by Crippen LogP contribution is 2.18. The standard InChI is InChI=1S/C15H21N7O2/c1-4-20(2)15(24)11-7-16-12-6-5-10(8-22(11)12)18-14(23)13-17-9-21(3)19-13/h7,9-10H,4-6,8H2,1-3H3,(H,18,23). The highest BCUT2D eigenvalue weighted by molar-refractivity contribution is 5.92. The fourth-order valence-electron chi connectivity index (χ4n) is 2.75. The van der Waals surface area contributed by atoms with Crippen LogP contribution >= 0.6 is 0 Å². The zero-order chi connectivity index (χ0) is 17.3. The maximum atomic E-state index is 12.4. The summed E-state index contributed by atoms with van der Waals surface area (Å²) >= 11 is 0. The Labute approximate surface area is 139 Å². The molecule has 3 heterocycles. The lowest BCUT2D eigenvalue weighted by atomic mass is 10.1. The lowest BCUT2D eigenvalue weighted by molar-refractivity contribution is 0.0789. The summed E-state index contributed by atoms with van der Waals surface area (Å²) in [4.78, 5) is 34.6. The molecule has 9 nitrogen and oxygen atoms in total. The highest BCUT2D eigenvalue weighted by atomic mass is 16.2. The lowest BCUT2D eigenvalue weighted by Crippen LogP contribution is -2.42. The van der Waals surface area contributed by atoms with Gasteiger partial charge in [-0.2, -0.15) is 0 Å². The number of fused-ring (bicyclic) bond motifs is 1. The van der Waals surface area contributed by atoms with Gasteiger partial charge in [-0.05, 0) is 13.3 Å². The van der Waals surface area contributed by atoms with Gasteiger partial charge >= 0.3 is 0 Å². The Bertz CT molecular complexity index is 764. The van der Waals surface area contributed by atoms with Crippen molar-refractivity contribution in [3.8, 4) is 0 Å². The van der Waals surface area contributed by atoms with Crippen LogP contribution in [0.15, 0.2) is 12.5 Å². The molecule has 0 aliphatic carbocycles. The molecule has 2 amide bonds. The predicted octanol–water partition coefficient (Wildman–Crippen LogP) is -0.152. The minimum absolute atomic E-state index is 0.0605. The zero-order valence-corrected chi connectivity index (χ0v) is 14.1. The van der Waals surface area contributed by atoms with Gasteiger partial charge in [0.1, 0.15) is 17.8 Å². The van der Waals surface area contributed by atoms with Gasteiger partial charge in [-0.25, -0.2) is 9.97 Å². The maximum absolute atomic E-state index is 12.4. The summed E-state index contributed by atoms with van der Waals surface area (Å²) in [7, 11) is 3.47. The van der Waals surface area contributed by atoms with E-state index >= 15 is 0 Å². The van der Waals surface area contributed by atoms with E-state index in [2.05, 4.69) is 20.4 Å². The van der Waals surface area contributed by atoms with Crippen LogP contribution in [0.1, 0.15) is 40.3 Å². The minimum Gasteiger partial charge on any atom is -0.345 e. The summed E-state index contributed by atoms with van der Waals surface area (Å²) in [5.41, 5.74) is 0.560. The molecule has 0 spiro atoms. The van der Waals surface area contributed by atoms with Gasteiger partial charge < -0.3 is 14.8 Å². The number of hydrogen-bond acceptors (Lipinski definition) is 5. The van der Waals surface area contributed by atoms with E-state index in [0.717, 1.165) is 12.2 Å². The number of rotatable bonds is 4. The molecule has 0 fully saturated rings. The number of aryl methyl sites for hydroxylation is 2.